The Morgan fingerprint density at radius 3 is 2.60 bits per heavy atom. The minimum absolute atomic E-state index is 0.0906. The summed E-state index contributed by atoms with van der Waals surface area (Å²) in [6.45, 7) is 0. The fourth-order valence-electron chi connectivity index (χ4n) is 2.65. The maximum absolute atomic E-state index is 12.1. The number of rotatable bonds is 4. The van der Waals surface area contributed by atoms with Gasteiger partial charge in [0.2, 0.25) is 5.91 Å². The molecule has 5 heteroatoms. The van der Waals surface area contributed by atoms with Gasteiger partial charge in [-0.25, -0.2) is 0 Å². The predicted molar refractivity (Wildman–Crippen MR) is 74.9 cm³/mol. The SMILES string of the molecule is NC(C(=O)NC1CCCC(C(=O)O)C1)c1ccccc1. The monoisotopic (exact) mass is 276 g/mol. The number of benzene rings is 1. The van der Waals surface area contributed by atoms with Crippen LogP contribution in [0.4, 0.5) is 0 Å². The van der Waals surface area contributed by atoms with Crippen molar-refractivity contribution in [2.75, 3.05) is 0 Å². The normalized spacial score (nSPS) is 23.9. The van der Waals surface area contributed by atoms with Gasteiger partial charge < -0.3 is 16.2 Å². The molecule has 20 heavy (non-hydrogen) atoms. The zero-order valence-electron chi connectivity index (χ0n) is 11.3. The van der Waals surface area contributed by atoms with Crippen molar-refractivity contribution in [1.29, 1.82) is 0 Å². The number of hydrogen-bond acceptors (Lipinski definition) is 3. The number of carbonyl (C=O) groups excluding carboxylic acids is 1. The van der Waals surface area contributed by atoms with E-state index in [-0.39, 0.29) is 17.9 Å². The van der Waals surface area contributed by atoms with Gasteiger partial charge in [0, 0.05) is 6.04 Å². The zero-order chi connectivity index (χ0) is 14.5. The molecule has 1 aliphatic carbocycles. The second-order valence-electron chi connectivity index (χ2n) is 5.30. The van der Waals surface area contributed by atoms with Crippen LogP contribution in [0.15, 0.2) is 30.3 Å². The second-order valence-corrected chi connectivity index (χ2v) is 5.30. The Bertz CT molecular complexity index is 475. The molecule has 0 saturated heterocycles. The molecule has 0 aromatic heterocycles. The highest BCUT2D eigenvalue weighted by Crippen LogP contribution is 2.25. The van der Waals surface area contributed by atoms with E-state index < -0.39 is 12.0 Å². The van der Waals surface area contributed by atoms with Gasteiger partial charge in [0.15, 0.2) is 0 Å². The Morgan fingerprint density at radius 2 is 1.95 bits per heavy atom. The molecule has 0 spiro atoms. The van der Waals surface area contributed by atoms with E-state index in [0.29, 0.717) is 12.8 Å². The fraction of sp³-hybridized carbons (Fsp3) is 0.467. The molecule has 1 aromatic rings. The molecule has 1 fully saturated rings. The molecule has 2 rings (SSSR count). The lowest BCUT2D eigenvalue weighted by atomic mass is 9.85. The van der Waals surface area contributed by atoms with Crippen molar-refractivity contribution in [3.8, 4) is 0 Å². The molecule has 3 atom stereocenters. The number of nitrogens with one attached hydrogen (secondary N) is 1. The van der Waals surface area contributed by atoms with Gasteiger partial charge in [-0.3, -0.25) is 9.59 Å². The Balaban J connectivity index is 1.92. The smallest absolute Gasteiger partial charge is 0.306 e. The Hall–Kier alpha value is -1.88. The maximum Gasteiger partial charge on any atom is 0.306 e. The van der Waals surface area contributed by atoms with Gasteiger partial charge in [-0.15, -0.1) is 0 Å². The van der Waals surface area contributed by atoms with Crippen molar-refractivity contribution in [3.63, 3.8) is 0 Å². The molecule has 0 radical (unpaired) electrons. The highest BCUT2D eigenvalue weighted by molar-refractivity contribution is 5.83. The lowest BCUT2D eigenvalue weighted by Gasteiger charge is -2.28. The minimum Gasteiger partial charge on any atom is -0.481 e. The van der Waals surface area contributed by atoms with Gasteiger partial charge in [0.05, 0.1) is 5.92 Å². The van der Waals surface area contributed by atoms with Crippen molar-refractivity contribution in [2.45, 2.75) is 37.8 Å². The van der Waals surface area contributed by atoms with Crippen molar-refractivity contribution in [3.05, 3.63) is 35.9 Å². The van der Waals surface area contributed by atoms with Crippen LogP contribution in [0.2, 0.25) is 0 Å². The third-order valence-corrected chi connectivity index (χ3v) is 3.81. The van der Waals surface area contributed by atoms with E-state index in [1.165, 1.54) is 0 Å². The zero-order valence-corrected chi connectivity index (χ0v) is 11.3. The van der Waals surface area contributed by atoms with Crippen LogP contribution in [0.25, 0.3) is 0 Å². The molecular formula is C15H20N2O3. The first-order valence-corrected chi connectivity index (χ1v) is 6.91. The van der Waals surface area contributed by atoms with Crippen molar-refractivity contribution < 1.29 is 14.7 Å². The van der Waals surface area contributed by atoms with Gasteiger partial charge in [0.1, 0.15) is 6.04 Å². The van der Waals surface area contributed by atoms with Crippen molar-refractivity contribution >= 4 is 11.9 Å². The summed E-state index contributed by atoms with van der Waals surface area (Å²) in [6.07, 6.45) is 2.81. The van der Waals surface area contributed by atoms with E-state index in [0.717, 1.165) is 18.4 Å². The van der Waals surface area contributed by atoms with E-state index >= 15 is 0 Å². The van der Waals surface area contributed by atoms with E-state index in [2.05, 4.69) is 5.32 Å². The molecule has 1 aliphatic rings. The number of aliphatic carboxylic acids is 1. The number of carbonyl (C=O) groups is 2. The molecule has 0 bridgehead atoms. The molecule has 108 valence electrons. The minimum atomic E-state index is -0.781. The third-order valence-electron chi connectivity index (χ3n) is 3.81. The van der Waals surface area contributed by atoms with Crippen LogP contribution in [-0.2, 0) is 9.59 Å². The first-order valence-electron chi connectivity index (χ1n) is 6.91. The standard InChI is InChI=1S/C15H20N2O3/c16-13(10-5-2-1-3-6-10)14(18)17-12-8-4-7-11(9-12)15(19)20/h1-3,5-6,11-13H,4,7-9,16H2,(H,17,18)(H,19,20). The summed E-state index contributed by atoms with van der Waals surface area (Å²) in [5, 5.41) is 11.9. The number of carboxylic acid groups (broad SMARTS) is 1. The summed E-state index contributed by atoms with van der Waals surface area (Å²) in [5.41, 5.74) is 6.68. The van der Waals surface area contributed by atoms with Gasteiger partial charge in [0.25, 0.3) is 0 Å². The number of carboxylic acids is 1. The van der Waals surface area contributed by atoms with Crippen LogP contribution in [0.1, 0.15) is 37.3 Å². The highest BCUT2D eigenvalue weighted by atomic mass is 16.4. The first kappa shape index (κ1) is 14.5. The lowest BCUT2D eigenvalue weighted by Crippen LogP contribution is -2.43. The average Bonchev–Trinajstić information content (AvgIpc) is 2.47. The van der Waals surface area contributed by atoms with E-state index in [1.54, 1.807) is 0 Å². The van der Waals surface area contributed by atoms with Gasteiger partial charge in [-0.1, -0.05) is 36.8 Å². The van der Waals surface area contributed by atoms with Crippen molar-refractivity contribution in [1.82, 2.24) is 5.32 Å². The van der Waals surface area contributed by atoms with Crippen LogP contribution in [0, 0.1) is 5.92 Å². The first-order chi connectivity index (χ1) is 9.58. The van der Waals surface area contributed by atoms with Crippen LogP contribution in [-0.4, -0.2) is 23.0 Å². The molecule has 3 unspecified atom stereocenters. The van der Waals surface area contributed by atoms with E-state index in [9.17, 15) is 9.59 Å². The number of amides is 1. The van der Waals surface area contributed by atoms with E-state index in [4.69, 9.17) is 10.8 Å². The molecular weight excluding hydrogens is 256 g/mol. The Labute approximate surface area is 118 Å². The maximum atomic E-state index is 12.1. The van der Waals surface area contributed by atoms with Gasteiger partial charge in [-0.2, -0.15) is 0 Å². The largest absolute Gasteiger partial charge is 0.481 e. The molecule has 1 aromatic carbocycles. The topological polar surface area (TPSA) is 92.4 Å². The Morgan fingerprint density at radius 1 is 1.25 bits per heavy atom. The summed E-state index contributed by atoms with van der Waals surface area (Å²) in [6, 6.07) is 8.37. The fourth-order valence-corrected chi connectivity index (χ4v) is 2.65. The lowest BCUT2D eigenvalue weighted by molar-refractivity contribution is -0.143. The van der Waals surface area contributed by atoms with E-state index in [1.807, 2.05) is 30.3 Å². The number of nitrogens with two attached hydrogens (primary N) is 1. The molecule has 1 saturated carbocycles. The summed E-state index contributed by atoms with van der Waals surface area (Å²) < 4.78 is 0. The van der Waals surface area contributed by atoms with Crippen LogP contribution in [0.5, 0.6) is 0 Å². The second kappa shape index (κ2) is 6.52. The highest BCUT2D eigenvalue weighted by Gasteiger charge is 2.29. The summed E-state index contributed by atoms with van der Waals surface area (Å²) in [5.74, 6) is -1.38. The summed E-state index contributed by atoms with van der Waals surface area (Å²) in [4.78, 5) is 23.1. The molecule has 5 nitrogen and oxygen atoms in total. The predicted octanol–water partition coefficient (Wildman–Crippen LogP) is 1.45. The quantitative estimate of drug-likeness (QED) is 0.776. The number of hydrogen-bond donors (Lipinski definition) is 3. The molecule has 0 aliphatic heterocycles. The van der Waals surface area contributed by atoms with Crippen molar-refractivity contribution in [2.24, 2.45) is 11.7 Å². The van der Waals surface area contributed by atoms with Gasteiger partial charge in [-0.05, 0) is 24.8 Å². The van der Waals surface area contributed by atoms with Crippen LogP contribution >= 0.6 is 0 Å². The summed E-state index contributed by atoms with van der Waals surface area (Å²) in [7, 11) is 0. The third kappa shape index (κ3) is 3.57. The van der Waals surface area contributed by atoms with Crippen LogP contribution < -0.4 is 11.1 Å². The van der Waals surface area contributed by atoms with Gasteiger partial charge >= 0.3 is 5.97 Å². The molecule has 1 amide bonds. The molecule has 4 N–H and O–H groups in total. The Kier molecular flexibility index (Phi) is 4.74. The van der Waals surface area contributed by atoms with Crippen LogP contribution in [0.3, 0.4) is 0 Å². The molecule has 0 heterocycles. The average molecular weight is 276 g/mol. The summed E-state index contributed by atoms with van der Waals surface area (Å²) >= 11 is 0.